The van der Waals surface area contributed by atoms with E-state index in [1.165, 1.54) is 11.3 Å². The van der Waals surface area contributed by atoms with Gasteiger partial charge in [0.2, 0.25) is 0 Å². The highest BCUT2D eigenvalue weighted by atomic mass is 32.1. The first-order chi connectivity index (χ1) is 9.06. The molecule has 1 saturated heterocycles. The fraction of sp³-hybridized carbons (Fsp3) is 0.615. The molecule has 0 saturated carbocycles. The van der Waals surface area contributed by atoms with Crippen LogP contribution in [0.25, 0.3) is 0 Å². The number of aliphatic carboxylic acids is 1. The molecule has 1 amide bonds. The first-order valence-corrected chi connectivity index (χ1v) is 7.40. The van der Waals surface area contributed by atoms with Gasteiger partial charge in [-0.15, -0.1) is 11.3 Å². The minimum atomic E-state index is -0.815. The monoisotopic (exact) mass is 282 g/mol. The lowest BCUT2D eigenvalue weighted by Crippen LogP contribution is -2.49. The van der Waals surface area contributed by atoms with E-state index < -0.39 is 11.9 Å². The molecular weight excluding hydrogens is 264 g/mol. The Morgan fingerprint density at radius 3 is 2.95 bits per heavy atom. The van der Waals surface area contributed by atoms with Crippen molar-refractivity contribution >= 4 is 23.2 Å². The summed E-state index contributed by atoms with van der Waals surface area (Å²) in [5.41, 5.74) is 2.48. The number of hydrogen-bond donors (Lipinski definition) is 1. The summed E-state index contributed by atoms with van der Waals surface area (Å²) < 4.78 is 0. The lowest BCUT2D eigenvalue weighted by molar-refractivity contribution is -0.144. The third-order valence-corrected chi connectivity index (χ3v) is 4.59. The number of carbonyl (C=O) groups is 2. The second-order valence-electron chi connectivity index (χ2n) is 4.81. The Morgan fingerprint density at radius 2 is 2.32 bits per heavy atom. The molecule has 6 heteroatoms. The van der Waals surface area contributed by atoms with Gasteiger partial charge >= 0.3 is 5.97 Å². The van der Waals surface area contributed by atoms with Crippen molar-refractivity contribution in [2.24, 2.45) is 5.92 Å². The van der Waals surface area contributed by atoms with Gasteiger partial charge in [0.15, 0.2) is 0 Å². The molecule has 2 heterocycles. The highest BCUT2D eigenvalue weighted by Gasteiger charge is 2.36. The third-order valence-electron chi connectivity index (χ3n) is 3.74. The van der Waals surface area contributed by atoms with Crippen LogP contribution in [0, 0.1) is 5.92 Å². The van der Waals surface area contributed by atoms with Gasteiger partial charge in [-0.3, -0.25) is 9.59 Å². The molecule has 0 bridgehead atoms. The number of carboxylic acids is 1. The van der Waals surface area contributed by atoms with Gasteiger partial charge in [0.1, 0.15) is 4.88 Å². The average Bonchev–Trinajstić information content (AvgIpc) is 2.86. The summed E-state index contributed by atoms with van der Waals surface area (Å²) in [6, 6.07) is -0.259. The number of piperidine rings is 1. The van der Waals surface area contributed by atoms with Crippen molar-refractivity contribution < 1.29 is 14.7 Å². The summed E-state index contributed by atoms with van der Waals surface area (Å²) in [6.07, 6.45) is 2.10. The highest BCUT2D eigenvalue weighted by molar-refractivity contribution is 7.11. The molecule has 0 spiro atoms. The normalized spacial score (nSPS) is 23.4. The van der Waals surface area contributed by atoms with Gasteiger partial charge < -0.3 is 10.0 Å². The summed E-state index contributed by atoms with van der Waals surface area (Å²) in [5, 5.41) is 9.19. The maximum Gasteiger partial charge on any atom is 0.308 e. The predicted octanol–water partition coefficient (Wildman–Crippen LogP) is 2.03. The van der Waals surface area contributed by atoms with Crippen molar-refractivity contribution in [2.75, 3.05) is 6.54 Å². The van der Waals surface area contributed by atoms with Gasteiger partial charge in [-0.1, -0.05) is 6.92 Å². The van der Waals surface area contributed by atoms with E-state index in [0.717, 1.165) is 18.5 Å². The smallest absolute Gasteiger partial charge is 0.308 e. The zero-order valence-electron chi connectivity index (χ0n) is 11.1. The molecule has 1 aromatic rings. The number of rotatable bonds is 3. The molecule has 0 aliphatic carbocycles. The van der Waals surface area contributed by atoms with Crippen LogP contribution in [0.5, 0.6) is 0 Å². The maximum atomic E-state index is 12.5. The number of carboxylic acid groups (broad SMARTS) is 1. The van der Waals surface area contributed by atoms with Crippen molar-refractivity contribution in [3.63, 3.8) is 0 Å². The van der Waals surface area contributed by atoms with E-state index >= 15 is 0 Å². The average molecular weight is 282 g/mol. The second kappa shape index (κ2) is 5.69. The van der Waals surface area contributed by atoms with Crippen LogP contribution in [0.1, 0.15) is 42.1 Å². The molecule has 2 atom stereocenters. The Morgan fingerprint density at radius 1 is 1.58 bits per heavy atom. The van der Waals surface area contributed by atoms with E-state index in [4.69, 9.17) is 0 Å². The Bertz CT molecular complexity index is 486. The van der Waals surface area contributed by atoms with E-state index in [0.29, 0.717) is 17.8 Å². The van der Waals surface area contributed by atoms with E-state index in [9.17, 15) is 14.7 Å². The molecule has 2 rings (SSSR count). The van der Waals surface area contributed by atoms with Gasteiger partial charge in [0, 0.05) is 12.6 Å². The van der Waals surface area contributed by atoms with Crippen LogP contribution >= 0.6 is 11.3 Å². The lowest BCUT2D eigenvalue weighted by atomic mass is 9.90. The Balaban J connectivity index is 2.21. The Kier molecular flexibility index (Phi) is 4.19. The number of hydrogen-bond acceptors (Lipinski definition) is 4. The molecule has 1 aromatic heterocycles. The molecule has 0 unspecified atom stereocenters. The zero-order valence-corrected chi connectivity index (χ0v) is 11.9. The summed E-state index contributed by atoms with van der Waals surface area (Å²) in [5.74, 6) is -1.35. The molecular formula is C13H18N2O3S. The Hall–Kier alpha value is -1.43. The summed E-state index contributed by atoms with van der Waals surface area (Å²) in [7, 11) is 0. The zero-order chi connectivity index (χ0) is 14.0. The number of aryl methyl sites for hydroxylation is 1. The van der Waals surface area contributed by atoms with E-state index in [-0.39, 0.29) is 11.9 Å². The van der Waals surface area contributed by atoms with Gasteiger partial charge in [0.25, 0.3) is 5.91 Å². The minimum Gasteiger partial charge on any atom is -0.481 e. The molecule has 104 valence electrons. The lowest BCUT2D eigenvalue weighted by Gasteiger charge is -2.37. The standard InChI is InChI=1S/C13H18N2O3S/c1-3-10-11(19-7-14-10)12(16)15-6-4-5-9(8(15)2)13(17)18/h7-9H,3-6H2,1-2H3,(H,17,18)/t8-,9-/m0/s1. The van der Waals surface area contributed by atoms with Crippen LogP contribution in [0.4, 0.5) is 0 Å². The summed E-state index contributed by atoms with van der Waals surface area (Å²) in [6.45, 7) is 4.42. The van der Waals surface area contributed by atoms with Crippen LogP contribution in [0.3, 0.4) is 0 Å². The Labute approximate surface area is 116 Å². The van der Waals surface area contributed by atoms with Gasteiger partial charge in [-0.25, -0.2) is 4.98 Å². The number of amides is 1. The number of likely N-dealkylation sites (tertiary alicyclic amines) is 1. The molecule has 1 fully saturated rings. The van der Waals surface area contributed by atoms with Crippen LogP contribution in [0.15, 0.2) is 5.51 Å². The van der Waals surface area contributed by atoms with Crippen LogP contribution in [-0.2, 0) is 11.2 Å². The van der Waals surface area contributed by atoms with Crippen LogP contribution in [0.2, 0.25) is 0 Å². The summed E-state index contributed by atoms with van der Waals surface area (Å²) >= 11 is 1.34. The minimum absolute atomic E-state index is 0.0715. The van der Waals surface area contributed by atoms with Crippen molar-refractivity contribution in [1.29, 1.82) is 0 Å². The largest absolute Gasteiger partial charge is 0.481 e. The number of carbonyl (C=O) groups excluding carboxylic acids is 1. The molecule has 5 nitrogen and oxygen atoms in total. The van der Waals surface area contributed by atoms with Gasteiger partial charge in [-0.05, 0) is 26.2 Å². The number of aromatic nitrogens is 1. The topological polar surface area (TPSA) is 70.5 Å². The van der Waals surface area contributed by atoms with E-state index in [1.807, 2.05) is 13.8 Å². The molecule has 0 radical (unpaired) electrons. The first-order valence-electron chi connectivity index (χ1n) is 6.52. The molecule has 1 N–H and O–H groups in total. The first kappa shape index (κ1) is 14.0. The fourth-order valence-corrected chi connectivity index (χ4v) is 3.42. The fourth-order valence-electron chi connectivity index (χ4n) is 2.59. The molecule has 1 aliphatic heterocycles. The molecule has 19 heavy (non-hydrogen) atoms. The van der Waals surface area contributed by atoms with Crippen molar-refractivity contribution in [3.05, 3.63) is 16.1 Å². The van der Waals surface area contributed by atoms with E-state index in [1.54, 1.807) is 10.4 Å². The third kappa shape index (κ3) is 2.63. The van der Waals surface area contributed by atoms with Crippen molar-refractivity contribution in [2.45, 2.75) is 39.2 Å². The number of nitrogens with zero attached hydrogens (tertiary/aromatic N) is 2. The van der Waals surface area contributed by atoms with Crippen molar-refractivity contribution in [1.82, 2.24) is 9.88 Å². The summed E-state index contributed by atoms with van der Waals surface area (Å²) in [4.78, 5) is 30.2. The predicted molar refractivity (Wildman–Crippen MR) is 72.4 cm³/mol. The van der Waals surface area contributed by atoms with Crippen LogP contribution < -0.4 is 0 Å². The second-order valence-corrected chi connectivity index (χ2v) is 5.66. The van der Waals surface area contributed by atoms with Gasteiger partial charge in [0.05, 0.1) is 17.1 Å². The van der Waals surface area contributed by atoms with Gasteiger partial charge in [-0.2, -0.15) is 0 Å². The van der Waals surface area contributed by atoms with Crippen LogP contribution in [-0.4, -0.2) is 39.5 Å². The quantitative estimate of drug-likeness (QED) is 0.921. The number of thiazole rings is 1. The maximum absolute atomic E-state index is 12.5. The SMILES string of the molecule is CCc1ncsc1C(=O)N1CCC[C@H](C(=O)O)[C@@H]1C. The van der Waals surface area contributed by atoms with E-state index in [2.05, 4.69) is 4.98 Å². The van der Waals surface area contributed by atoms with Crippen molar-refractivity contribution in [3.8, 4) is 0 Å². The molecule has 0 aromatic carbocycles. The highest BCUT2D eigenvalue weighted by Crippen LogP contribution is 2.27. The molecule has 1 aliphatic rings.